The van der Waals surface area contributed by atoms with Crippen LogP contribution >= 0.6 is 15.9 Å². The second kappa shape index (κ2) is 5.27. The van der Waals surface area contributed by atoms with Gasteiger partial charge >= 0.3 is 24.5 Å². The van der Waals surface area contributed by atoms with E-state index in [2.05, 4.69) is 26.1 Å². The fourth-order valence-electron chi connectivity index (χ4n) is 0.973. The Morgan fingerprint density at radius 1 is 1.50 bits per heavy atom. The van der Waals surface area contributed by atoms with Crippen LogP contribution < -0.4 is 23.3 Å². The molecule has 2 heterocycles. The fourth-order valence-corrected chi connectivity index (χ4v) is 1.31. The van der Waals surface area contributed by atoms with Crippen molar-refractivity contribution in [1.82, 2.24) is 10.2 Å². The predicted octanol–water partition coefficient (Wildman–Crippen LogP) is -2.80. The average Bonchev–Trinajstić information content (AvgIpc) is 2.46. The molecule has 2 aromatic heterocycles. The minimum atomic E-state index is 0. The largest absolute Gasteiger partial charge is 1.00 e. The predicted molar refractivity (Wildman–Crippen MR) is 46.2 cm³/mol. The Morgan fingerprint density at radius 3 is 2.86 bits per heavy atom. The molecule has 0 saturated heterocycles. The van der Waals surface area contributed by atoms with Crippen LogP contribution in [0, 0.1) is 0 Å². The first-order chi connectivity index (χ1) is 5.81. The van der Waals surface area contributed by atoms with Gasteiger partial charge in [-0.05, 0) is 22.0 Å². The summed E-state index contributed by atoms with van der Waals surface area (Å²) in [6.07, 6.45) is 3.50. The van der Waals surface area contributed by atoms with Crippen molar-refractivity contribution < 1.29 is 33.5 Å². The van der Waals surface area contributed by atoms with Gasteiger partial charge in [-0.1, -0.05) is 0 Å². The Hall–Kier alpha value is -0.673. The van der Waals surface area contributed by atoms with Gasteiger partial charge in [-0.15, -0.1) is 0 Å². The van der Waals surface area contributed by atoms with Crippen molar-refractivity contribution in [3.8, 4) is 0 Å². The zero-order chi connectivity index (χ0) is 8.55. The van der Waals surface area contributed by atoms with E-state index in [1.165, 1.54) is 0 Å². The molecule has 2 rings (SSSR count). The maximum atomic E-state index is 10.4. The smallest absolute Gasteiger partial charge is 0.870 e. The molecule has 0 saturated carbocycles. The molecule has 0 aliphatic heterocycles. The molecule has 14 heavy (non-hydrogen) atoms. The molecule has 0 atom stereocenters. The van der Waals surface area contributed by atoms with Gasteiger partial charge in [-0.3, -0.25) is 0 Å². The number of halogens is 1. The number of aromatic amines is 1. The molecular weight excluding hydrogens is 245 g/mol. The molecule has 0 aliphatic carbocycles. The minimum absolute atomic E-state index is 0. The number of rotatable bonds is 1. The summed E-state index contributed by atoms with van der Waals surface area (Å²) in [6.45, 7) is 0. The van der Waals surface area contributed by atoms with Crippen LogP contribution in [0.3, 0.4) is 0 Å². The van der Waals surface area contributed by atoms with Crippen molar-refractivity contribution >= 4 is 27.9 Å². The molecule has 0 radical (unpaired) electrons. The molecule has 7 heteroatoms. The molecule has 0 spiro atoms. The van der Waals surface area contributed by atoms with Crippen molar-refractivity contribution in [3.63, 3.8) is 0 Å². The topological polar surface area (TPSA) is 79.8 Å². The van der Waals surface area contributed by atoms with Crippen molar-refractivity contribution in [1.29, 1.82) is 0 Å². The standard InChI is InChI=1S/C7H3BrN3O.Li.H2O/c8-5-1-2-6-9-10-7(4-12)11(6)3-5;;/h1-3H;;1H2/q-1;+1;. The molecule has 0 unspecified atom stereocenters. The Balaban J connectivity index is 0.000000845. The number of H-pyrrole nitrogens is 1. The number of nitrogens with zero attached hydrogens (tertiary/aromatic N) is 2. The third-order valence-corrected chi connectivity index (χ3v) is 1.97. The number of carbonyl (C=O) groups excluding carboxylic acids is 1. The zero-order valence-corrected chi connectivity index (χ0v) is 8.95. The van der Waals surface area contributed by atoms with E-state index >= 15 is 0 Å². The van der Waals surface area contributed by atoms with Crippen molar-refractivity contribution in [2.45, 2.75) is 0 Å². The number of hydrogen-bond acceptors (Lipinski definition) is 3. The maximum Gasteiger partial charge on any atom is 1.00 e. The van der Waals surface area contributed by atoms with Crippen LogP contribution in [-0.4, -0.2) is 22.0 Å². The summed E-state index contributed by atoms with van der Waals surface area (Å²) in [4.78, 5) is 10.4. The summed E-state index contributed by atoms with van der Waals surface area (Å²) in [5, 5.41) is 6.44. The van der Waals surface area contributed by atoms with Gasteiger partial charge in [0.25, 0.3) is 0 Å². The molecule has 5 nitrogen and oxygen atoms in total. The Morgan fingerprint density at radius 2 is 2.21 bits per heavy atom. The van der Waals surface area contributed by atoms with Gasteiger partial charge in [0.05, 0.1) is 6.20 Å². The van der Waals surface area contributed by atoms with Crippen LogP contribution in [0.25, 0.3) is 5.65 Å². The third kappa shape index (κ3) is 2.22. The van der Waals surface area contributed by atoms with E-state index < -0.39 is 0 Å². The van der Waals surface area contributed by atoms with E-state index in [4.69, 9.17) is 0 Å². The maximum absolute atomic E-state index is 10.4. The number of aromatic nitrogens is 3. The van der Waals surface area contributed by atoms with Gasteiger partial charge < -0.3 is 10.3 Å². The van der Waals surface area contributed by atoms with E-state index in [9.17, 15) is 4.79 Å². The zero-order valence-electron chi connectivity index (χ0n) is 7.36. The first kappa shape index (κ1) is 13.3. The monoisotopic (exact) mass is 249 g/mol. The second-order valence-corrected chi connectivity index (χ2v) is 3.17. The Bertz CT molecular complexity index is 445. The van der Waals surface area contributed by atoms with Crippen LogP contribution in [0.2, 0.25) is 0 Å². The Labute approximate surface area is 100 Å². The van der Waals surface area contributed by atoms with Gasteiger partial charge in [0.1, 0.15) is 5.82 Å². The molecule has 68 valence electrons. The van der Waals surface area contributed by atoms with E-state index in [1.54, 1.807) is 23.0 Å². The molecule has 0 fully saturated rings. The van der Waals surface area contributed by atoms with E-state index in [0.717, 1.165) is 4.47 Å². The normalized spacial score (nSPS) is 8.93. The van der Waals surface area contributed by atoms with Crippen LogP contribution in [-0.2, 0) is 4.79 Å². The SMILES string of the molecule is O=[C-]c1[nH]nc2ccc(Br)c[n+]12.[Li+].[OH-]. The first-order valence-corrected chi connectivity index (χ1v) is 4.04. The summed E-state index contributed by atoms with van der Waals surface area (Å²) in [7, 11) is 0. The van der Waals surface area contributed by atoms with E-state index in [1.807, 2.05) is 6.07 Å². The van der Waals surface area contributed by atoms with Gasteiger partial charge in [-0.2, -0.15) is 11.4 Å². The summed E-state index contributed by atoms with van der Waals surface area (Å²) in [6, 6.07) is 3.65. The molecule has 0 bridgehead atoms. The van der Waals surface area contributed by atoms with Gasteiger partial charge in [0, 0.05) is 15.6 Å². The van der Waals surface area contributed by atoms with Gasteiger partial charge in [-0.25, -0.2) is 4.40 Å². The van der Waals surface area contributed by atoms with Gasteiger partial charge in [0.15, 0.2) is 0 Å². The molecule has 2 N–H and O–H groups in total. The molecular formula is C7H5BrLiN3O2. The summed E-state index contributed by atoms with van der Waals surface area (Å²) in [5.41, 5.74) is 0.691. The van der Waals surface area contributed by atoms with Crippen molar-refractivity contribution in [2.24, 2.45) is 0 Å². The summed E-state index contributed by atoms with van der Waals surface area (Å²) < 4.78 is 2.51. The molecule has 2 aromatic rings. The summed E-state index contributed by atoms with van der Waals surface area (Å²) >= 11 is 3.29. The average molecular weight is 250 g/mol. The number of fused-ring (bicyclic) bond motifs is 1. The first-order valence-electron chi connectivity index (χ1n) is 3.25. The fraction of sp³-hybridized carbons (Fsp3) is 0. The minimum Gasteiger partial charge on any atom is -0.870 e. The third-order valence-electron chi connectivity index (χ3n) is 1.50. The molecule has 0 aromatic carbocycles. The number of hydrogen-bond donors (Lipinski definition) is 1. The van der Waals surface area contributed by atoms with Crippen LogP contribution in [0.5, 0.6) is 0 Å². The number of nitrogens with one attached hydrogen (secondary N) is 1. The van der Waals surface area contributed by atoms with E-state index in [0.29, 0.717) is 11.5 Å². The van der Waals surface area contributed by atoms with Crippen LogP contribution in [0.15, 0.2) is 22.8 Å². The van der Waals surface area contributed by atoms with Crippen molar-refractivity contribution in [3.05, 3.63) is 28.6 Å². The summed E-state index contributed by atoms with van der Waals surface area (Å²) in [5.74, 6) is 0.311. The number of pyridine rings is 1. The quantitative estimate of drug-likeness (QED) is 0.337. The molecule has 0 aliphatic rings. The Kier molecular flexibility index (Phi) is 5.02. The second-order valence-electron chi connectivity index (χ2n) is 2.25. The van der Waals surface area contributed by atoms with Crippen LogP contribution in [0.1, 0.15) is 5.82 Å². The molecule has 0 amide bonds. The van der Waals surface area contributed by atoms with Gasteiger partial charge in [0.2, 0.25) is 0 Å². The van der Waals surface area contributed by atoms with E-state index in [-0.39, 0.29) is 24.3 Å². The van der Waals surface area contributed by atoms with Crippen molar-refractivity contribution in [2.75, 3.05) is 0 Å². The van der Waals surface area contributed by atoms with Crippen LogP contribution in [0.4, 0.5) is 0 Å².